The van der Waals surface area contributed by atoms with Crippen LogP contribution in [0.3, 0.4) is 0 Å². The normalized spacial score (nSPS) is 11.8. The molecule has 0 aliphatic rings. The van der Waals surface area contributed by atoms with Gasteiger partial charge >= 0.3 is 0 Å². The van der Waals surface area contributed by atoms with Crippen molar-refractivity contribution in [2.45, 2.75) is 6.92 Å². The van der Waals surface area contributed by atoms with Gasteiger partial charge in [0.1, 0.15) is 0 Å². The van der Waals surface area contributed by atoms with Gasteiger partial charge in [0.15, 0.2) is 0 Å². The smallest absolute Gasteiger partial charge is 0.0788 e. The monoisotopic (exact) mass is 748 g/mol. The Morgan fingerprint density at radius 1 is 0.288 bits per heavy atom. The third kappa shape index (κ3) is 5.56. The van der Waals surface area contributed by atoms with E-state index in [0.717, 1.165) is 60.5 Å². The van der Waals surface area contributed by atoms with Gasteiger partial charge in [-0.05, 0) is 114 Å². The van der Waals surface area contributed by atoms with Gasteiger partial charge in [-0.1, -0.05) is 164 Å². The quantitative estimate of drug-likeness (QED) is 0.168. The Bertz CT molecular complexity index is 3690. The highest BCUT2D eigenvalue weighted by Gasteiger charge is 2.13. The van der Waals surface area contributed by atoms with Crippen LogP contribution in [0.1, 0.15) is 5.56 Å². The first-order chi connectivity index (χ1) is 29.1. The van der Waals surface area contributed by atoms with Crippen LogP contribution in [0.15, 0.2) is 200 Å². The van der Waals surface area contributed by atoms with Gasteiger partial charge in [0.25, 0.3) is 0 Å². The van der Waals surface area contributed by atoms with Crippen LogP contribution in [0.25, 0.3) is 120 Å². The molecule has 0 spiro atoms. The highest BCUT2D eigenvalue weighted by Crippen LogP contribution is 2.38. The van der Waals surface area contributed by atoms with E-state index in [1.54, 1.807) is 0 Å². The van der Waals surface area contributed by atoms with Crippen molar-refractivity contribution in [3.05, 3.63) is 206 Å². The zero-order valence-corrected chi connectivity index (χ0v) is 32.4. The molecule has 0 unspecified atom stereocenters. The molecular weight excluding hydrogens is 713 g/mol. The molecule has 2 heterocycles. The van der Waals surface area contributed by atoms with Crippen LogP contribution >= 0.6 is 0 Å². The molecule has 0 amide bonds. The van der Waals surface area contributed by atoms with Crippen molar-refractivity contribution in [3.8, 4) is 44.8 Å². The van der Waals surface area contributed by atoms with Gasteiger partial charge in [-0.15, -0.1) is 0 Å². The number of benzene rings is 10. The lowest BCUT2D eigenvalue weighted by Gasteiger charge is -2.13. The average molecular weight is 749 g/mol. The fourth-order valence-corrected chi connectivity index (χ4v) is 9.26. The molecule has 59 heavy (non-hydrogen) atoms. The Morgan fingerprint density at radius 3 is 1.42 bits per heavy atom. The SMILES string of the molecule is Cc1ccc2ccccc2c1-c1ccc2ccc3ccc(-c4ccc5ccc(-c6ccc7ccc8ccc(-c9cccc%10ccccc9%10)cc8c7n6)cc5c4)nc3c2c1. The lowest BCUT2D eigenvalue weighted by molar-refractivity contribution is 1.41. The predicted octanol–water partition coefficient (Wildman–Crippen LogP) is 15.5. The summed E-state index contributed by atoms with van der Waals surface area (Å²) < 4.78 is 0. The molecule has 0 bridgehead atoms. The molecule has 0 aliphatic heterocycles. The minimum atomic E-state index is 0.959. The van der Waals surface area contributed by atoms with E-state index in [1.165, 1.54) is 65.5 Å². The van der Waals surface area contributed by atoms with E-state index in [-0.39, 0.29) is 0 Å². The third-order valence-electron chi connectivity index (χ3n) is 12.3. The molecule has 2 nitrogen and oxygen atoms in total. The highest BCUT2D eigenvalue weighted by atomic mass is 14.7. The molecule has 0 atom stereocenters. The Morgan fingerprint density at radius 2 is 0.746 bits per heavy atom. The van der Waals surface area contributed by atoms with Crippen molar-refractivity contribution in [1.29, 1.82) is 0 Å². The molecular formula is C57H36N2. The van der Waals surface area contributed by atoms with Crippen molar-refractivity contribution in [2.75, 3.05) is 0 Å². The number of fused-ring (bicyclic) bond motifs is 9. The Kier molecular flexibility index (Phi) is 7.48. The lowest BCUT2D eigenvalue weighted by Crippen LogP contribution is -1.90. The number of pyridine rings is 2. The lowest BCUT2D eigenvalue weighted by atomic mass is 9.92. The van der Waals surface area contributed by atoms with E-state index < -0.39 is 0 Å². The van der Waals surface area contributed by atoms with E-state index in [2.05, 4.69) is 207 Å². The maximum absolute atomic E-state index is 5.38. The van der Waals surface area contributed by atoms with E-state index >= 15 is 0 Å². The molecule has 2 heteroatoms. The van der Waals surface area contributed by atoms with Crippen LogP contribution in [-0.2, 0) is 0 Å². The minimum absolute atomic E-state index is 0.959. The van der Waals surface area contributed by atoms with E-state index in [0.29, 0.717) is 0 Å². The summed E-state index contributed by atoms with van der Waals surface area (Å²) in [6.45, 7) is 2.21. The number of aromatic nitrogens is 2. The molecule has 0 radical (unpaired) electrons. The van der Waals surface area contributed by atoms with Crippen LogP contribution in [0, 0.1) is 6.92 Å². The first-order valence-electron chi connectivity index (χ1n) is 20.3. The maximum atomic E-state index is 5.38. The number of aryl methyl sites for hydroxylation is 1. The number of nitrogens with zero attached hydrogens (tertiary/aromatic N) is 2. The Balaban J connectivity index is 0.948. The minimum Gasteiger partial charge on any atom is -0.247 e. The number of hydrogen-bond donors (Lipinski definition) is 0. The van der Waals surface area contributed by atoms with Crippen molar-refractivity contribution in [3.63, 3.8) is 0 Å². The third-order valence-corrected chi connectivity index (χ3v) is 12.3. The second kappa shape index (κ2) is 13.2. The van der Waals surface area contributed by atoms with Crippen LogP contribution in [0.5, 0.6) is 0 Å². The molecule has 0 aliphatic carbocycles. The molecule has 12 aromatic rings. The summed E-state index contributed by atoms with van der Waals surface area (Å²) >= 11 is 0. The second-order valence-corrected chi connectivity index (χ2v) is 15.8. The van der Waals surface area contributed by atoms with Gasteiger partial charge in [-0.25, -0.2) is 9.97 Å². The van der Waals surface area contributed by atoms with Gasteiger partial charge in [-0.3, -0.25) is 0 Å². The molecule has 0 saturated carbocycles. The van der Waals surface area contributed by atoms with Crippen LogP contribution in [-0.4, -0.2) is 9.97 Å². The first-order valence-corrected chi connectivity index (χ1v) is 20.3. The van der Waals surface area contributed by atoms with Crippen LogP contribution in [0.4, 0.5) is 0 Å². The predicted molar refractivity (Wildman–Crippen MR) is 251 cm³/mol. The standard InChI is InChI=1S/C57H36N2/c1-35-13-14-38-8-3-5-11-50(38)55(35)46-26-20-40-18-22-42-28-30-54(59-57(42)52(40)34-46)45-25-16-36-15-24-44(31-47(36)32-45)53-29-27-41-21-17-39-19-23-43(33-51(39)56(41)58-53)49-12-6-9-37-7-2-4-10-48(37)49/h2-34H,1H3. The van der Waals surface area contributed by atoms with E-state index in [9.17, 15) is 0 Å². The second-order valence-electron chi connectivity index (χ2n) is 15.8. The van der Waals surface area contributed by atoms with Crippen molar-refractivity contribution < 1.29 is 0 Å². The van der Waals surface area contributed by atoms with Crippen molar-refractivity contribution in [1.82, 2.24) is 9.97 Å². The summed E-state index contributed by atoms with van der Waals surface area (Å²) in [6, 6.07) is 72.7. The average Bonchev–Trinajstić information content (AvgIpc) is 3.30. The maximum Gasteiger partial charge on any atom is 0.0788 e. The topological polar surface area (TPSA) is 25.8 Å². The zero-order valence-electron chi connectivity index (χ0n) is 32.4. The molecule has 2 aromatic heterocycles. The summed E-state index contributed by atoms with van der Waals surface area (Å²) in [4.78, 5) is 10.7. The van der Waals surface area contributed by atoms with Gasteiger partial charge < -0.3 is 0 Å². The Labute approximate surface area is 341 Å². The summed E-state index contributed by atoms with van der Waals surface area (Å²) in [5.74, 6) is 0. The van der Waals surface area contributed by atoms with Crippen molar-refractivity contribution in [2.24, 2.45) is 0 Å². The molecule has 12 rings (SSSR count). The molecule has 10 aromatic carbocycles. The summed E-state index contributed by atoms with van der Waals surface area (Å²) in [5.41, 5.74) is 12.3. The highest BCUT2D eigenvalue weighted by molar-refractivity contribution is 6.10. The number of rotatable bonds is 4. The van der Waals surface area contributed by atoms with Gasteiger partial charge in [-0.2, -0.15) is 0 Å². The van der Waals surface area contributed by atoms with E-state index in [1.807, 2.05) is 0 Å². The fraction of sp³-hybridized carbons (Fsp3) is 0.0175. The summed E-state index contributed by atoms with van der Waals surface area (Å²) in [7, 11) is 0. The van der Waals surface area contributed by atoms with Crippen LogP contribution < -0.4 is 0 Å². The molecule has 0 fully saturated rings. The Hall–Kier alpha value is -7.68. The van der Waals surface area contributed by atoms with Crippen molar-refractivity contribution >= 4 is 75.7 Å². The van der Waals surface area contributed by atoms with Gasteiger partial charge in [0, 0.05) is 32.7 Å². The molecule has 0 saturated heterocycles. The fourth-order valence-electron chi connectivity index (χ4n) is 9.26. The largest absolute Gasteiger partial charge is 0.247 e. The first kappa shape index (κ1) is 33.5. The van der Waals surface area contributed by atoms with Gasteiger partial charge in [0.05, 0.1) is 22.4 Å². The van der Waals surface area contributed by atoms with Gasteiger partial charge in [0.2, 0.25) is 0 Å². The zero-order chi connectivity index (χ0) is 39.0. The molecule has 0 N–H and O–H groups in total. The molecule has 274 valence electrons. The van der Waals surface area contributed by atoms with Crippen LogP contribution in [0.2, 0.25) is 0 Å². The summed E-state index contributed by atoms with van der Waals surface area (Å²) in [6.07, 6.45) is 0. The number of hydrogen-bond acceptors (Lipinski definition) is 2. The van der Waals surface area contributed by atoms with E-state index in [4.69, 9.17) is 9.97 Å². The summed E-state index contributed by atoms with van der Waals surface area (Å²) in [5, 5.41) is 14.3.